The number of hydrogen-bond acceptors (Lipinski definition) is 3. The average molecular weight is 267 g/mol. The highest BCUT2D eigenvalue weighted by Gasteiger charge is 2.08. The molecule has 0 saturated carbocycles. The molecule has 5 nitrogen and oxygen atoms in total. The van der Waals surface area contributed by atoms with Gasteiger partial charge in [0.15, 0.2) is 0 Å². The zero-order valence-electron chi connectivity index (χ0n) is 10.9. The van der Waals surface area contributed by atoms with Crippen molar-refractivity contribution >= 4 is 16.9 Å². The van der Waals surface area contributed by atoms with E-state index in [1.165, 1.54) is 7.11 Å². The number of nitrogens with one attached hydrogen (secondary N) is 2. The Morgan fingerprint density at radius 3 is 2.75 bits per heavy atom. The number of aromatic nitrogens is 2. The number of pyridine rings is 1. The zero-order chi connectivity index (χ0) is 13.9. The van der Waals surface area contributed by atoms with E-state index in [1.807, 2.05) is 30.5 Å². The van der Waals surface area contributed by atoms with Crippen LogP contribution in [-0.4, -0.2) is 23.0 Å². The van der Waals surface area contributed by atoms with Gasteiger partial charge < -0.3 is 4.98 Å². The fourth-order valence-corrected chi connectivity index (χ4v) is 2.17. The van der Waals surface area contributed by atoms with E-state index in [9.17, 15) is 4.79 Å². The Balaban J connectivity index is 1.99. The van der Waals surface area contributed by atoms with E-state index in [1.54, 1.807) is 18.3 Å². The van der Waals surface area contributed by atoms with Crippen LogP contribution in [0, 0.1) is 0 Å². The van der Waals surface area contributed by atoms with Crippen LogP contribution in [0.3, 0.4) is 0 Å². The minimum Gasteiger partial charge on any atom is -0.346 e. The number of aromatic amines is 1. The SMILES string of the molecule is CONC(=O)c1ccc(-c2ccnc3[nH]ccc23)cc1. The number of rotatable bonds is 3. The lowest BCUT2D eigenvalue weighted by Gasteiger charge is -2.05. The molecule has 0 bridgehead atoms. The fourth-order valence-electron chi connectivity index (χ4n) is 2.17. The van der Waals surface area contributed by atoms with Crippen LogP contribution in [0.2, 0.25) is 0 Å². The molecule has 2 N–H and O–H groups in total. The quantitative estimate of drug-likeness (QED) is 0.716. The average Bonchev–Trinajstić information content (AvgIpc) is 2.96. The second-order valence-corrected chi connectivity index (χ2v) is 4.31. The second kappa shape index (κ2) is 5.14. The van der Waals surface area contributed by atoms with Crippen LogP contribution in [-0.2, 0) is 4.84 Å². The van der Waals surface area contributed by atoms with Gasteiger partial charge >= 0.3 is 0 Å². The van der Waals surface area contributed by atoms with Crippen LogP contribution < -0.4 is 5.48 Å². The predicted molar refractivity (Wildman–Crippen MR) is 76.0 cm³/mol. The van der Waals surface area contributed by atoms with E-state index < -0.39 is 0 Å². The first kappa shape index (κ1) is 12.4. The monoisotopic (exact) mass is 267 g/mol. The molecule has 0 saturated heterocycles. The number of fused-ring (bicyclic) bond motifs is 1. The Bertz CT molecular complexity index is 747. The van der Waals surface area contributed by atoms with Crippen molar-refractivity contribution in [3.05, 3.63) is 54.4 Å². The Morgan fingerprint density at radius 1 is 1.20 bits per heavy atom. The Morgan fingerprint density at radius 2 is 2.00 bits per heavy atom. The summed E-state index contributed by atoms with van der Waals surface area (Å²) >= 11 is 0. The molecule has 0 aliphatic heterocycles. The number of amides is 1. The minimum atomic E-state index is -0.263. The number of carbonyl (C=O) groups excluding carboxylic acids is 1. The minimum absolute atomic E-state index is 0.263. The highest BCUT2D eigenvalue weighted by atomic mass is 16.6. The van der Waals surface area contributed by atoms with Crippen molar-refractivity contribution in [2.45, 2.75) is 0 Å². The largest absolute Gasteiger partial charge is 0.346 e. The summed E-state index contributed by atoms with van der Waals surface area (Å²) in [4.78, 5) is 23.6. The van der Waals surface area contributed by atoms with Gasteiger partial charge in [0, 0.05) is 23.3 Å². The van der Waals surface area contributed by atoms with Gasteiger partial charge in [0.1, 0.15) is 5.65 Å². The summed E-state index contributed by atoms with van der Waals surface area (Å²) in [5.41, 5.74) is 5.81. The molecule has 2 heterocycles. The smallest absolute Gasteiger partial charge is 0.274 e. The number of hydroxylamine groups is 1. The molecule has 0 radical (unpaired) electrons. The standard InChI is InChI=1S/C15H13N3O2/c1-20-18-15(19)11-4-2-10(3-5-11)12-6-8-16-14-13(12)7-9-17-14/h2-9H,1H3,(H,16,17)(H,18,19). The summed E-state index contributed by atoms with van der Waals surface area (Å²) in [5.74, 6) is -0.263. The maximum atomic E-state index is 11.6. The molecule has 5 heteroatoms. The highest BCUT2D eigenvalue weighted by molar-refractivity contribution is 5.96. The predicted octanol–water partition coefficient (Wildman–Crippen LogP) is 2.52. The summed E-state index contributed by atoms with van der Waals surface area (Å²) in [5, 5.41) is 1.06. The molecule has 0 spiro atoms. The second-order valence-electron chi connectivity index (χ2n) is 4.31. The molecule has 0 fully saturated rings. The van der Waals surface area contributed by atoms with Crippen LogP contribution in [0.15, 0.2) is 48.8 Å². The topological polar surface area (TPSA) is 67.0 Å². The number of nitrogens with zero attached hydrogens (tertiary/aromatic N) is 1. The molecule has 2 aromatic heterocycles. The van der Waals surface area contributed by atoms with Crippen molar-refractivity contribution in [3.63, 3.8) is 0 Å². The van der Waals surface area contributed by atoms with Crippen LogP contribution in [0.25, 0.3) is 22.2 Å². The van der Waals surface area contributed by atoms with Crippen molar-refractivity contribution in [2.75, 3.05) is 7.11 Å². The van der Waals surface area contributed by atoms with Gasteiger partial charge in [-0.05, 0) is 35.4 Å². The fraction of sp³-hybridized carbons (Fsp3) is 0.0667. The van der Waals surface area contributed by atoms with Gasteiger partial charge in [0.05, 0.1) is 7.11 Å². The van der Waals surface area contributed by atoms with Crippen LogP contribution >= 0.6 is 0 Å². The van der Waals surface area contributed by atoms with Crippen LogP contribution in [0.4, 0.5) is 0 Å². The lowest BCUT2D eigenvalue weighted by molar-refractivity contribution is 0.0537. The first-order chi connectivity index (χ1) is 9.79. The number of benzene rings is 1. The van der Waals surface area contributed by atoms with Gasteiger partial charge in [-0.15, -0.1) is 0 Å². The summed E-state index contributed by atoms with van der Waals surface area (Å²) < 4.78 is 0. The third-order valence-corrected chi connectivity index (χ3v) is 3.11. The maximum Gasteiger partial charge on any atom is 0.274 e. The van der Waals surface area contributed by atoms with E-state index in [-0.39, 0.29) is 5.91 Å². The summed E-state index contributed by atoms with van der Waals surface area (Å²) in [6.07, 6.45) is 3.63. The van der Waals surface area contributed by atoms with E-state index >= 15 is 0 Å². The Hall–Kier alpha value is -2.66. The number of hydrogen-bond donors (Lipinski definition) is 2. The lowest BCUT2D eigenvalue weighted by atomic mass is 10.0. The molecular formula is C15H13N3O2. The van der Waals surface area contributed by atoms with Gasteiger partial charge in [-0.2, -0.15) is 0 Å². The molecule has 3 rings (SSSR count). The molecule has 3 aromatic rings. The molecule has 1 amide bonds. The first-order valence-corrected chi connectivity index (χ1v) is 6.15. The van der Waals surface area contributed by atoms with Gasteiger partial charge in [0.2, 0.25) is 0 Å². The normalized spacial score (nSPS) is 10.7. The number of H-pyrrole nitrogens is 1. The van der Waals surface area contributed by atoms with Gasteiger partial charge in [-0.1, -0.05) is 12.1 Å². The zero-order valence-corrected chi connectivity index (χ0v) is 10.9. The Labute approximate surface area is 115 Å². The third-order valence-electron chi connectivity index (χ3n) is 3.11. The van der Waals surface area contributed by atoms with E-state index in [0.29, 0.717) is 5.56 Å². The van der Waals surface area contributed by atoms with Crippen molar-refractivity contribution in [2.24, 2.45) is 0 Å². The van der Waals surface area contributed by atoms with E-state index in [2.05, 4.69) is 20.3 Å². The molecule has 0 atom stereocenters. The Kier molecular flexibility index (Phi) is 3.18. The van der Waals surface area contributed by atoms with E-state index in [4.69, 9.17) is 0 Å². The van der Waals surface area contributed by atoms with Crippen LogP contribution in [0.1, 0.15) is 10.4 Å². The summed E-state index contributed by atoms with van der Waals surface area (Å²) in [7, 11) is 1.41. The van der Waals surface area contributed by atoms with Crippen molar-refractivity contribution in [1.82, 2.24) is 15.4 Å². The number of carbonyl (C=O) groups is 1. The van der Waals surface area contributed by atoms with Crippen molar-refractivity contribution < 1.29 is 9.63 Å². The molecule has 20 heavy (non-hydrogen) atoms. The molecule has 100 valence electrons. The molecule has 0 unspecified atom stereocenters. The highest BCUT2D eigenvalue weighted by Crippen LogP contribution is 2.26. The van der Waals surface area contributed by atoms with Gasteiger partial charge in [-0.3, -0.25) is 9.63 Å². The maximum absolute atomic E-state index is 11.6. The summed E-state index contributed by atoms with van der Waals surface area (Å²) in [6.45, 7) is 0. The third kappa shape index (κ3) is 2.15. The molecule has 0 aliphatic carbocycles. The van der Waals surface area contributed by atoms with Crippen LogP contribution in [0.5, 0.6) is 0 Å². The molecule has 0 aliphatic rings. The summed E-state index contributed by atoms with van der Waals surface area (Å²) in [6, 6.07) is 11.3. The van der Waals surface area contributed by atoms with Gasteiger partial charge in [-0.25, -0.2) is 10.5 Å². The van der Waals surface area contributed by atoms with E-state index in [0.717, 1.165) is 22.2 Å². The lowest BCUT2D eigenvalue weighted by Crippen LogP contribution is -2.21. The van der Waals surface area contributed by atoms with Crippen molar-refractivity contribution in [3.8, 4) is 11.1 Å². The van der Waals surface area contributed by atoms with Gasteiger partial charge in [0.25, 0.3) is 5.91 Å². The van der Waals surface area contributed by atoms with Crippen molar-refractivity contribution in [1.29, 1.82) is 0 Å². The molecular weight excluding hydrogens is 254 g/mol. The molecule has 1 aromatic carbocycles. The first-order valence-electron chi connectivity index (χ1n) is 6.15.